The van der Waals surface area contributed by atoms with Gasteiger partial charge in [0.1, 0.15) is 11.5 Å². The molecule has 0 aromatic heterocycles. The average molecular weight is 234 g/mol. The van der Waals surface area contributed by atoms with Crippen molar-refractivity contribution < 1.29 is 22.6 Å². The highest BCUT2D eigenvalue weighted by Gasteiger charge is 2.28. The van der Waals surface area contributed by atoms with Gasteiger partial charge >= 0.3 is 6.18 Å². The highest BCUT2D eigenvalue weighted by Crippen LogP contribution is 2.22. The molecule has 0 aliphatic rings. The first-order valence-corrected chi connectivity index (χ1v) is 4.93. The lowest BCUT2D eigenvalue weighted by molar-refractivity contribution is -0.153. The van der Waals surface area contributed by atoms with Crippen LogP contribution in [0.15, 0.2) is 24.3 Å². The van der Waals surface area contributed by atoms with Crippen LogP contribution in [0.5, 0.6) is 11.5 Å². The van der Waals surface area contributed by atoms with Crippen molar-refractivity contribution in [2.75, 3.05) is 13.2 Å². The summed E-state index contributed by atoms with van der Waals surface area (Å²) < 4.78 is 45.5. The fourth-order valence-corrected chi connectivity index (χ4v) is 1.04. The summed E-state index contributed by atoms with van der Waals surface area (Å²) >= 11 is 0. The van der Waals surface area contributed by atoms with Crippen molar-refractivity contribution >= 4 is 0 Å². The minimum absolute atomic E-state index is 0.158. The van der Waals surface area contributed by atoms with E-state index in [4.69, 9.17) is 4.74 Å². The third kappa shape index (κ3) is 4.91. The Balaban J connectivity index is 2.53. The standard InChI is InChI=1S/C11H13F3O2/c1-2-6-15-9-4-3-5-10(7-9)16-8-11(12,13)14/h3-5,7H,2,6,8H2,1H3. The lowest BCUT2D eigenvalue weighted by Crippen LogP contribution is -2.19. The van der Waals surface area contributed by atoms with E-state index in [0.717, 1.165) is 6.42 Å². The van der Waals surface area contributed by atoms with Crippen LogP contribution < -0.4 is 9.47 Å². The summed E-state index contributed by atoms with van der Waals surface area (Å²) in [5, 5.41) is 0. The molecule has 0 unspecified atom stereocenters. The molecule has 0 saturated heterocycles. The van der Waals surface area contributed by atoms with Crippen molar-refractivity contribution in [3.63, 3.8) is 0 Å². The molecule has 2 nitrogen and oxygen atoms in total. The Morgan fingerprint density at radius 3 is 2.31 bits per heavy atom. The molecule has 0 spiro atoms. The molecule has 1 aromatic carbocycles. The molecule has 1 aromatic rings. The number of benzene rings is 1. The average Bonchev–Trinajstić information content (AvgIpc) is 2.23. The summed E-state index contributed by atoms with van der Waals surface area (Å²) in [6.07, 6.45) is -3.48. The van der Waals surface area contributed by atoms with Crippen LogP contribution in [0.1, 0.15) is 13.3 Å². The predicted molar refractivity (Wildman–Crippen MR) is 53.8 cm³/mol. The van der Waals surface area contributed by atoms with Crippen LogP contribution in [0.3, 0.4) is 0 Å². The summed E-state index contributed by atoms with van der Waals surface area (Å²) in [5.74, 6) is 0.674. The number of alkyl halides is 3. The topological polar surface area (TPSA) is 18.5 Å². The Hall–Kier alpha value is -1.39. The Labute approximate surface area is 92.0 Å². The molecule has 0 fully saturated rings. The molecule has 90 valence electrons. The van der Waals surface area contributed by atoms with Crippen molar-refractivity contribution in [3.05, 3.63) is 24.3 Å². The van der Waals surface area contributed by atoms with Gasteiger partial charge in [-0.25, -0.2) is 0 Å². The maximum atomic E-state index is 11.9. The van der Waals surface area contributed by atoms with E-state index in [1.54, 1.807) is 12.1 Å². The van der Waals surface area contributed by atoms with Gasteiger partial charge in [-0.3, -0.25) is 0 Å². The smallest absolute Gasteiger partial charge is 0.422 e. The summed E-state index contributed by atoms with van der Waals surface area (Å²) in [5.41, 5.74) is 0. The maximum Gasteiger partial charge on any atom is 0.422 e. The second-order valence-corrected chi connectivity index (χ2v) is 3.23. The zero-order valence-corrected chi connectivity index (χ0v) is 8.88. The van der Waals surface area contributed by atoms with Gasteiger partial charge in [-0.1, -0.05) is 13.0 Å². The number of halogens is 3. The lowest BCUT2D eigenvalue weighted by atomic mass is 10.3. The molecule has 0 bridgehead atoms. The Kier molecular flexibility index (Phi) is 4.46. The second-order valence-electron chi connectivity index (χ2n) is 3.23. The zero-order chi connectivity index (χ0) is 12.0. The monoisotopic (exact) mass is 234 g/mol. The first-order valence-electron chi connectivity index (χ1n) is 4.93. The quantitative estimate of drug-likeness (QED) is 0.777. The largest absolute Gasteiger partial charge is 0.493 e. The van der Waals surface area contributed by atoms with Gasteiger partial charge in [0.15, 0.2) is 6.61 Å². The molecule has 0 atom stereocenters. The molecule has 0 amide bonds. The Bertz CT molecular complexity index is 323. The van der Waals surface area contributed by atoms with Crippen molar-refractivity contribution in [2.45, 2.75) is 19.5 Å². The Morgan fingerprint density at radius 1 is 1.12 bits per heavy atom. The van der Waals surface area contributed by atoms with Crippen LogP contribution in [0.4, 0.5) is 13.2 Å². The van der Waals surface area contributed by atoms with E-state index in [0.29, 0.717) is 12.4 Å². The van der Waals surface area contributed by atoms with Crippen molar-refractivity contribution in [1.82, 2.24) is 0 Å². The first-order chi connectivity index (χ1) is 7.51. The normalized spacial score (nSPS) is 11.2. The van der Waals surface area contributed by atoms with Gasteiger partial charge < -0.3 is 9.47 Å². The van der Waals surface area contributed by atoms with Crippen LogP contribution in [-0.4, -0.2) is 19.4 Å². The van der Waals surface area contributed by atoms with Crippen LogP contribution in [-0.2, 0) is 0 Å². The first kappa shape index (κ1) is 12.7. The molecular formula is C11H13F3O2. The summed E-state index contributed by atoms with van der Waals surface area (Å²) in [6.45, 7) is 1.19. The highest BCUT2D eigenvalue weighted by molar-refractivity contribution is 5.32. The van der Waals surface area contributed by atoms with E-state index in [-0.39, 0.29) is 5.75 Å². The molecule has 0 N–H and O–H groups in total. The van der Waals surface area contributed by atoms with Crippen LogP contribution in [0.2, 0.25) is 0 Å². The van der Waals surface area contributed by atoms with E-state index in [1.165, 1.54) is 12.1 Å². The van der Waals surface area contributed by atoms with E-state index in [1.807, 2.05) is 6.92 Å². The van der Waals surface area contributed by atoms with E-state index in [9.17, 15) is 13.2 Å². The highest BCUT2D eigenvalue weighted by atomic mass is 19.4. The predicted octanol–water partition coefficient (Wildman–Crippen LogP) is 3.42. The van der Waals surface area contributed by atoms with Crippen molar-refractivity contribution in [2.24, 2.45) is 0 Å². The number of hydrogen-bond donors (Lipinski definition) is 0. The van der Waals surface area contributed by atoms with Crippen LogP contribution in [0.25, 0.3) is 0 Å². The molecule has 0 radical (unpaired) electrons. The van der Waals surface area contributed by atoms with E-state index < -0.39 is 12.8 Å². The fourth-order valence-electron chi connectivity index (χ4n) is 1.04. The van der Waals surface area contributed by atoms with Gasteiger partial charge in [0, 0.05) is 6.07 Å². The van der Waals surface area contributed by atoms with Gasteiger partial charge in [-0.2, -0.15) is 13.2 Å². The minimum Gasteiger partial charge on any atom is -0.493 e. The van der Waals surface area contributed by atoms with E-state index in [2.05, 4.69) is 4.74 Å². The van der Waals surface area contributed by atoms with E-state index >= 15 is 0 Å². The fraction of sp³-hybridized carbons (Fsp3) is 0.455. The molecular weight excluding hydrogens is 221 g/mol. The molecule has 0 saturated carbocycles. The summed E-state index contributed by atoms with van der Waals surface area (Å²) in [7, 11) is 0. The van der Waals surface area contributed by atoms with Crippen molar-refractivity contribution in [1.29, 1.82) is 0 Å². The summed E-state index contributed by atoms with van der Waals surface area (Å²) in [6, 6.07) is 6.18. The number of ether oxygens (including phenoxy) is 2. The van der Waals surface area contributed by atoms with Gasteiger partial charge in [0.25, 0.3) is 0 Å². The van der Waals surface area contributed by atoms with Gasteiger partial charge in [-0.15, -0.1) is 0 Å². The molecule has 0 aliphatic carbocycles. The minimum atomic E-state index is -4.32. The number of rotatable bonds is 5. The number of hydrogen-bond acceptors (Lipinski definition) is 2. The SMILES string of the molecule is CCCOc1cccc(OCC(F)(F)F)c1. The van der Waals surface area contributed by atoms with Gasteiger partial charge in [0.05, 0.1) is 6.61 Å². The summed E-state index contributed by atoms with van der Waals surface area (Å²) in [4.78, 5) is 0. The van der Waals surface area contributed by atoms with Crippen molar-refractivity contribution in [3.8, 4) is 11.5 Å². The molecule has 16 heavy (non-hydrogen) atoms. The molecule has 0 aliphatic heterocycles. The molecule has 0 heterocycles. The third-order valence-corrected chi connectivity index (χ3v) is 1.68. The second kappa shape index (κ2) is 5.63. The molecule has 5 heteroatoms. The maximum absolute atomic E-state index is 11.9. The molecule has 1 rings (SSSR count). The van der Waals surface area contributed by atoms with Crippen LogP contribution in [0, 0.1) is 0 Å². The van der Waals surface area contributed by atoms with Gasteiger partial charge in [-0.05, 0) is 18.6 Å². The van der Waals surface area contributed by atoms with Gasteiger partial charge in [0.2, 0.25) is 0 Å². The lowest BCUT2D eigenvalue weighted by Gasteiger charge is -2.10. The zero-order valence-electron chi connectivity index (χ0n) is 8.88. The third-order valence-electron chi connectivity index (χ3n) is 1.68. The Morgan fingerprint density at radius 2 is 1.75 bits per heavy atom. The van der Waals surface area contributed by atoms with Crippen LogP contribution >= 0.6 is 0 Å².